The molecule has 15 heavy (non-hydrogen) atoms. The summed E-state index contributed by atoms with van der Waals surface area (Å²) in [4.78, 5) is 12.3. The third-order valence-electron chi connectivity index (χ3n) is 3.49. The summed E-state index contributed by atoms with van der Waals surface area (Å²) in [5.74, 6) is 0.253. The molecule has 2 heteroatoms. The molecule has 0 aliphatic heterocycles. The van der Waals surface area contributed by atoms with Gasteiger partial charge >= 0.3 is 0 Å². The SMILES string of the molecule is CNC1Cc2ccccc2C(=O)C1(C)C. The summed E-state index contributed by atoms with van der Waals surface area (Å²) in [5, 5.41) is 3.24. The maximum absolute atomic E-state index is 12.3. The van der Waals surface area contributed by atoms with Gasteiger partial charge in [0, 0.05) is 17.0 Å². The number of Topliss-reactive ketones (excluding diaryl/α,β-unsaturated/α-hetero) is 1. The van der Waals surface area contributed by atoms with Crippen molar-refractivity contribution in [3.8, 4) is 0 Å². The van der Waals surface area contributed by atoms with Gasteiger partial charge in [0.25, 0.3) is 0 Å². The van der Waals surface area contributed by atoms with Crippen molar-refractivity contribution in [1.82, 2.24) is 5.32 Å². The van der Waals surface area contributed by atoms with Crippen molar-refractivity contribution < 1.29 is 4.79 Å². The highest BCUT2D eigenvalue weighted by Gasteiger charge is 2.41. The minimum atomic E-state index is -0.302. The highest BCUT2D eigenvalue weighted by molar-refractivity contribution is 6.03. The van der Waals surface area contributed by atoms with Gasteiger partial charge < -0.3 is 5.32 Å². The first-order valence-electron chi connectivity index (χ1n) is 5.37. The van der Waals surface area contributed by atoms with Crippen LogP contribution in [-0.4, -0.2) is 18.9 Å². The molecule has 0 saturated carbocycles. The molecule has 1 atom stereocenters. The molecule has 1 aliphatic rings. The van der Waals surface area contributed by atoms with Crippen molar-refractivity contribution in [1.29, 1.82) is 0 Å². The summed E-state index contributed by atoms with van der Waals surface area (Å²) in [6.45, 7) is 4.04. The van der Waals surface area contributed by atoms with Crippen molar-refractivity contribution in [3.63, 3.8) is 0 Å². The Kier molecular flexibility index (Phi) is 2.39. The van der Waals surface area contributed by atoms with E-state index in [0.29, 0.717) is 0 Å². The van der Waals surface area contributed by atoms with Gasteiger partial charge in [0.1, 0.15) is 0 Å². The third kappa shape index (κ3) is 1.49. The average Bonchev–Trinajstić information content (AvgIpc) is 2.23. The number of likely N-dealkylation sites (N-methyl/N-ethyl adjacent to an activating group) is 1. The van der Waals surface area contributed by atoms with Crippen LogP contribution < -0.4 is 5.32 Å². The molecule has 0 radical (unpaired) electrons. The molecule has 1 aromatic rings. The van der Waals surface area contributed by atoms with Crippen LogP contribution in [0, 0.1) is 5.41 Å². The Morgan fingerprint density at radius 2 is 2.00 bits per heavy atom. The maximum Gasteiger partial charge on any atom is 0.170 e. The van der Waals surface area contributed by atoms with Crippen molar-refractivity contribution in [2.75, 3.05) is 7.05 Å². The summed E-state index contributed by atoms with van der Waals surface area (Å²) in [6.07, 6.45) is 0.936. The quantitative estimate of drug-likeness (QED) is 0.756. The van der Waals surface area contributed by atoms with Gasteiger partial charge in [-0.25, -0.2) is 0 Å². The van der Waals surface area contributed by atoms with Gasteiger partial charge in [-0.3, -0.25) is 4.79 Å². The molecule has 0 spiro atoms. The molecule has 80 valence electrons. The highest BCUT2D eigenvalue weighted by atomic mass is 16.1. The fourth-order valence-electron chi connectivity index (χ4n) is 2.36. The standard InChI is InChI=1S/C13H17NO/c1-13(2)11(14-3)8-9-6-4-5-7-10(9)12(13)15/h4-7,11,14H,8H2,1-3H3. The molecular weight excluding hydrogens is 186 g/mol. The van der Waals surface area contributed by atoms with E-state index in [9.17, 15) is 4.79 Å². The van der Waals surface area contributed by atoms with E-state index in [4.69, 9.17) is 0 Å². The lowest BCUT2D eigenvalue weighted by atomic mass is 9.69. The number of hydrogen-bond donors (Lipinski definition) is 1. The van der Waals surface area contributed by atoms with Gasteiger partial charge in [-0.05, 0) is 19.0 Å². The van der Waals surface area contributed by atoms with Crippen LogP contribution in [0.25, 0.3) is 0 Å². The Balaban J connectivity index is 2.51. The lowest BCUT2D eigenvalue weighted by molar-refractivity contribution is 0.0761. The predicted molar refractivity (Wildman–Crippen MR) is 61.1 cm³/mol. The first-order valence-corrected chi connectivity index (χ1v) is 5.37. The van der Waals surface area contributed by atoms with E-state index in [1.807, 2.05) is 45.2 Å². The summed E-state index contributed by atoms with van der Waals surface area (Å²) in [7, 11) is 1.92. The first kappa shape index (κ1) is 10.4. The molecule has 0 amide bonds. The second-order valence-electron chi connectivity index (χ2n) is 4.75. The van der Waals surface area contributed by atoms with E-state index >= 15 is 0 Å². The van der Waals surface area contributed by atoms with Crippen molar-refractivity contribution in [2.45, 2.75) is 26.3 Å². The summed E-state index contributed by atoms with van der Waals surface area (Å²) < 4.78 is 0. The van der Waals surface area contributed by atoms with Crippen LogP contribution in [0.5, 0.6) is 0 Å². The van der Waals surface area contributed by atoms with Gasteiger partial charge in [0.2, 0.25) is 0 Å². The number of fused-ring (bicyclic) bond motifs is 1. The monoisotopic (exact) mass is 203 g/mol. The molecule has 0 fully saturated rings. The number of hydrogen-bond acceptors (Lipinski definition) is 2. The molecule has 2 nitrogen and oxygen atoms in total. The summed E-state index contributed by atoms with van der Waals surface area (Å²) >= 11 is 0. The second-order valence-corrected chi connectivity index (χ2v) is 4.75. The maximum atomic E-state index is 12.3. The van der Waals surface area contributed by atoms with E-state index in [2.05, 4.69) is 5.32 Å². The Morgan fingerprint density at radius 3 is 2.67 bits per heavy atom. The smallest absolute Gasteiger partial charge is 0.170 e. The second kappa shape index (κ2) is 3.46. The van der Waals surface area contributed by atoms with Crippen LogP contribution in [0.3, 0.4) is 0 Å². The fraction of sp³-hybridized carbons (Fsp3) is 0.462. The molecule has 1 aliphatic carbocycles. The van der Waals surface area contributed by atoms with Gasteiger partial charge in [-0.15, -0.1) is 0 Å². The van der Waals surface area contributed by atoms with Crippen molar-refractivity contribution in [2.24, 2.45) is 5.41 Å². The lowest BCUT2D eigenvalue weighted by Crippen LogP contribution is -2.49. The number of carbonyl (C=O) groups is 1. The van der Waals surface area contributed by atoms with Crippen molar-refractivity contribution >= 4 is 5.78 Å². The van der Waals surface area contributed by atoms with E-state index in [0.717, 1.165) is 12.0 Å². The number of ketones is 1. The van der Waals surface area contributed by atoms with Crippen LogP contribution >= 0.6 is 0 Å². The number of carbonyl (C=O) groups excluding carboxylic acids is 1. The van der Waals surface area contributed by atoms with Gasteiger partial charge in [0.15, 0.2) is 5.78 Å². The van der Waals surface area contributed by atoms with Gasteiger partial charge in [-0.2, -0.15) is 0 Å². The minimum Gasteiger partial charge on any atom is -0.316 e. The average molecular weight is 203 g/mol. The van der Waals surface area contributed by atoms with Crippen LogP contribution in [0.2, 0.25) is 0 Å². The molecule has 1 N–H and O–H groups in total. The number of benzene rings is 1. The van der Waals surface area contributed by atoms with E-state index < -0.39 is 0 Å². The molecular formula is C13H17NO. The zero-order chi connectivity index (χ0) is 11.1. The molecule has 0 heterocycles. The Morgan fingerprint density at radius 1 is 1.33 bits per heavy atom. The molecule has 1 aromatic carbocycles. The Labute approximate surface area is 90.7 Å². The van der Waals surface area contributed by atoms with Crippen molar-refractivity contribution in [3.05, 3.63) is 35.4 Å². The van der Waals surface area contributed by atoms with Gasteiger partial charge in [-0.1, -0.05) is 38.1 Å². The Bertz CT molecular complexity index is 395. The lowest BCUT2D eigenvalue weighted by Gasteiger charge is -2.37. The largest absolute Gasteiger partial charge is 0.316 e. The number of rotatable bonds is 1. The zero-order valence-corrected chi connectivity index (χ0v) is 9.50. The summed E-state index contributed by atoms with van der Waals surface area (Å²) in [5.41, 5.74) is 1.76. The van der Waals surface area contributed by atoms with Gasteiger partial charge in [0.05, 0.1) is 0 Å². The van der Waals surface area contributed by atoms with Crippen LogP contribution in [0.15, 0.2) is 24.3 Å². The molecule has 0 aromatic heterocycles. The van der Waals surface area contributed by atoms with E-state index in [1.54, 1.807) is 0 Å². The third-order valence-corrected chi connectivity index (χ3v) is 3.49. The predicted octanol–water partition coefficient (Wildman–Crippen LogP) is 2.04. The van der Waals surface area contributed by atoms with Crippen LogP contribution in [0.4, 0.5) is 0 Å². The van der Waals surface area contributed by atoms with Crippen LogP contribution in [0.1, 0.15) is 29.8 Å². The topological polar surface area (TPSA) is 29.1 Å². The molecule has 2 rings (SSSR count). The first-order chi connectivity index (χ1) is 7.07. The highest BCUT2D eigenvalue weighted by Crippen LogP contribution is 2.34. The molecule has 1 unspecified atom stereocenters. The fourth-order valence-corrected chi connectivity index (χ4v) is 2.36. The van der Waals surface area contributed by atoms with Crippen LogP contribution in [-0.2, 0) is 6.42 Å². The Hall–Kier alpha value is -1.15. The normalized spacial score (nSPS) is 23.7. The zero-order valence-electron chi connectivity index (χ0n) is 9.50. The van der Waals surface area contributed by atoms with E-state index in [1.165, 1.54) is 5.56 Å². The molecule has 0 bridgehead atoms. The molecule has 0 saturated heterocycles. The summed E-state index contributed by atoms with van der Waals surface area (Å²) in [6, 6.07) is 8.15. The minimum absolute atomic E-state index is 0.236. The van der Waals surface area contributed by atoms with E-state index in [-0.39, 0.29) is 17.2 Å². The number of nitrogens with one attached hydrogen (secondary N) is 1.